The van der Waals surface area contributed by atoms with Gasteiger partial charge >= 0.3 is 5.97 Å². The van der Waals surface area contributed by atoms with E-state index < -0.39 is 5.97 Å². The van der Waals surface area contributed by atoms with E-state index in [9.17, 15) is 9.90 Å². The van der Waals surface area contributed by atoms with Crippen molar-refractivity contribution in [1.29, 1.82) is 0 Å². The van der Waals surface area contributed by atoms with Gasteiger partial charge in [-0.15, -0.1) is 0 Å². The number of aromatic nitrogens is 1. The summed E-state index contributed by atoms with van der Waals surface area (Å²) in [6.07, 6.45) is 8.21. The summed E-state index contributed by atoms with van der Waals surface area (Å²) in [6, 6.07) is 1.95. The topological polar surface area (TPSA) is 59.4 Å². The molecule has 104 valence electrons. The number of pyridine rings is 1. The van der Waals surface area contributed by atoms with E-state index >= 15 is 0 Å². The van der Waals surface area contributed by atoms with E-state index in [1.165, 1.54) is 0 Å². The lowest BCUT2D eigenvalue weighted by atomic mass is 9.76. The van der Waals surface area contributed by atoms with E-state index in [2.05, 4.69) is 11.9 Å². The highest BCUT2D eigenvalue weighted by Gasteiger charge is 2.32. The number of carbonyl (C=O) groups is 1. The first-order chi connectivity index (χ1) is 9.22. The molecule has 0 radical (unpaired) electrons. The molecule has 4 heteroatoms. The SMILES string of the molecule is CCCOc1cncc(C2CCCCC2C(=O)O)c1. The first-order valence-corrected chi connectivity index (χ1v) is 7.03. The largest absolute Gasteiger partial charge is 0.492 e. The summed E-state index contributed by atoms with van der Waals surface area (Å²) in [6.45, 7) is 2.72. The molecule has 2 rings (SSSR count). The summed E-state index contributed by atoms with van der Waals surface area (Å²) in [4.78, 5) is 15.5. The number of hydrogen-bond donors (Lipinski definition) is 1. The van der Waals surface area contributed by atoms with Crippen LogP contribution < -0.4 is 4.74 Å². The van der Waals surface area contributed by atoms with Gasteiger partial charge in [-0.2, -0.15) is 0 Å². The van der Waals surface area contributed by atoms with Crippen LogP contribution in [-0.2, 0) is 4.79 Å². The maximum atomic E-state index is 11.3. The zero-order valence-corrected chi connectivity index (χ0v) is 11.3. The smallest absolute Gasteiger partial charge is 0.307 e. The van der Waals surface area contributed by atoms with Gasteiger partial charge in [0.05, 0.1) is 18.7 Å². The van der Waals surface area contributed by atoms with Crippen LogP contribution >= 0.6 is 0 Å². The van der Waals surface area contributed by atoms with E-state index in [0.29, 0.717) is 6.61 Å². The highest BCUT2D eigenvalue weighted by molar-refractivity contribution is 5.71. The molecule has 1 fully saturated rings. The molecule has 0 bridgehead atoms. The molecular weight excluding hydrogens is 242 g/mol. The summed E-state index contributed by atoms with van der Waals surface area (Å²) in [7, 11) is 0. The van der Waals surface area contributed by atoms with Crippen LogP contribution in [0.15, 0.2) is 18.5 Å². The minimum Gasteiger partial charge on any atom is -0.492 e. The van der Waals surface area contributed by atoms with Crippen molar-refractivity contribution in [1.82, 2.24) is 4.98 Å². The lowest BCUT2D eigenvalue weighted by Crippen LogP contribution is -2.25. The van der Waals surface area contributed by atoms with E-state index in [1.807, 2.05) is 6.07 Å². The zero-order valence-electron chi connectivity index (χ0n) is 11.3. The van der Waals surface area contributed by atoms with E-state index in [1.54, 1.807) is 12.4 Å². The van der Waals surface area contributed by atoms with Crippen molar-refractivity contribution in [2.75, 3.05) is 6.61 Å². The lowest BCUT2D eigenvalue weighted by molar-refractivity contribution is -0.143. The Balaban J connectivity index is 2.16. The Morgan fingerprint density at radius 1 is 1.42 bits per heavy atom. The van der Waals surface area contributed by atoms with Crippen molar-refractivity contribution in [3.8, 4) is 5.75 Å². The summed E-state index contributed by atoms with van der Waals surface area (Å²) < 4.78 is 5.57. The second-order valence-electron chi connectivity index (χ2n) is 5.14. The molecule has 2 unspecified atom stereocenters. The third kappa shape index (κ3) is 3.46. The normalized spacial score (nSPS) is 23.0. The Hall–Kier alpha value is -1.58. The molecule has 19 heavy (non-hydrogen) atoms. The average molecular weight is 263 g/mol. The Morgan fingerprint density at radius 3 is 2.95 bits per heavy atom. The van der Waals surface area contributed by atoms with Gasteiger partial charge in [-0.05, 0) is 36.8 Å². The molecule has 4 nitrogen and oxygen atoms in total. The quantitative estimate of drug-likeness (QED) is 0.886. The Bertz CT molecular complexity index is 433. The number of carboxylic acid groups (broad SMARTS) is 1. The first-order valence-electron chi connectivity index (χ1n) is 7.03. The number of nitrogens with zero attached hydrogens (tertiary/aromatic N) is 1. The molecule has 1 aliphatic carbocycles. The van der Waals surface area contributed by atoms with Gasteiger partial charge in [0.1, 0.15) is 5.75 Å². The number of aliphatic carboxylic acids is 1. The third-order valence-electron chi connectivity index (χ3n) is 3.72. The maximum absolute atomic E-state index is 11.3. The van der Waals surface area contributed by atoms with Crippen LogP contribution in [0, 0.1) is 5.92 Å². The van der Waals surface area contributed by atoms with Crippen LogP contribution in [0.2, 0.25) is 0 Å². The minimum absolute atomic E-state index is 0.0731. The minimum atomic E-state index is -0.690. The van der Waals surface area contributed by atoms with E-state index in [0.717, 1.165) is 43.4 Å². The van der Waals surface area contributed by atoms with Gasteiger partial charge in [0.25, 0.3) is 0 Å². The van der Waals surface area contributed by atoms with Crippen molar-refractivity contribution in [2.24, 2.45) is 5.92 Å². The second kappa shape index (κ2) is 6.55. The van der Waals surface area contributed by atoms with Crippen molar-refractivity contribution in [2.45, 2.75) is 44.9 Å². The van der Waals surface area contributed by atoms with Gasteiger partial charge < -0.3 is 9.84 Å². The molecular formula is C15H21NO3. The van der Waals surface area contributed by atoms with Crippen molar-refractivity contribution < 1.29 is 14.6 Å². The molecule has 1 N–H and O–H groups in total. The van der Waals surface area contributed by atoms with Gasteiger partial charge in [0, 0.05) is 6.20 Å². The molecule has 0 saturated heterocycles. The fourth-order valence-electron chi connectivity index (χ4n) is 2.76. The van der Waals surface area contributed by atoms with Crippen LogP contribution in [0.4, 0.5) is 0 Å². The standard InChI is InChI=1S/C15H21NO3/c1-2-7-19-12-8-11(9-16-10-12)13-5-3-4-6-14(13)15(17)18/h8-10,13-14H,2-7H2,1H3,(H,17,18). The van der Waals surface area contributed by atoms with Gasteiger partial charge in [-0.1, -0.05) is 19.8 Å². The van der Waals surface area contributed by atoms with Gasteiger partial charge in [0.15, 0.2) is 0 Å². The molecule has 1 aromatic heterocycles. The Labute approximate surface area is 113 Å². The predicted molar refractivity (Wildman–Crippen MR) is 72.4 cm³/mol. The predicted octanol–water partition coefficient (Wildman–Crippen LogP) is 3.23. The second-order valence-corrected chi connectivity index (χ2v) is 5.14. The lowest BCUT2D eigenvalue weighted by Gasteiger charge is -2.28. The van der Waals surface area contributed by atoms with Crippen molar-refractivity contribution in [3.05, 3.63) is 24.0 Å². The zero-order chi connectivity index (χ0) is 13.7. The fraction of sp³-hybridized carbons (Fsp3) is 0.600. The third-order valence-corrected chi connectivity index (χ3v) is 3.72. The summed E-state index contributed by atoms with van der Waals surface area (Å²) in [5.74, 6) is -0.153. The molecule has 0 aromatic carbocycles. The molecule has 2 atom stereocenters. The Kier molecular flexibility index (Phi) is 4.77. The molecule has 1 aliphatic rings. The molecule has 0 aliphatic heterocycles. The maximum Gasteiger partial charge on any atom is 0.307 e. The summed E-state index contributed by atoms with van der Waals surface area (Å²) in [5, 5.41) is 9.33. The Morgan fingerprint density at radius 2 is 2.21 bits per heavy atom. The summed E-state index contributed by atoms with van der Waals surface area (Å²) >= 11 is 0. The van der Waals surface area contributed by atoms with Crippen molar-refractivity contribution in [3.63, 3.8) is 0 Å². The fourth-order valence-corrected chi connectivity index (χ4v) is 2.76. The molecule has 1 heterocycles. The highest BCUT2D eigenvalue weighted by Crippen LogP contribution is 2.38. The van der Waals surface area contributed by atoms with Crippen LogP contribution in [0.25, 0.3) is 0 Å². The summed E-state index contributed by atoms with van der Waals surface area (Å²) in [5.41, 5.74) is 1.00. The molecule has 0 spiro atoms. The van der Waals surface area contributed by atoms with Crippen LogP contribution in [-0.4, -0.2) is 22.7 Å². The van der Waals surface area contributed by atoms with Crippen LogP contribution in [0.3, 0.4) is 0 Å². The van der Waals surface area contributed by atoms with Gasteiger partial charge in [-0.3, -0.25) is 9.78 Å². The molecule has 1 saturated carbocycles. The highest BCUT2D eigenvalue weighted by atomic mass is 16.5. The average Bonchev–Trinajstić information content (AvgIpc) is 2.45. The number of carboxylic acids is 1. The number of hydrogen-bond acceptors (Lipinski definition) is 3. The number of rotatable bonds is 5. The monoisotopic (exact) mass is 263 g/mol. The molecule has 1 aromatic rings. The van der Waals surface area contributed by atoms with Gasteiger partial charge in [-0.25, -0.2) is 0 Å². The molecule has 0 amide bonds. The van der Waals surface area contributed by atoms with Crippen molar-refractivity contribution >= 4 is 5.97 Å². The van der Waals surface area contributed by atoms with Crippen LogP contribution in [0.1, 0.15) is 50.5 Å². The van der Waals surface area contributed by atoms with E-state index in [4.69, 9.17) is 4.74 Å². The van der Waals surface area contributed by atoms with Crippen LogP contribution in [0.5, 0.6) is 5.75 Å². The van der Waals surface area contributed by atoms with E-state index in [-0.39, 0.29) is 11.8 Å². The van der Waals surface area contributed by atoms with Gasteiger partial charge in [0.2, 0.25) is 0 Å². The first kappa shape index (κ1) is 13.8. The number of ether oxygens (including phenoxy) is 1.